The van der Waals surface area contributed by atoms with Gasteiger partial charge in [0, 0.05) is 11.9 Å². The van der Waals surface area contributed by atoms with Crippen LogP contribution in [0.5, 0.6) is 0 Å². The topological polar surface area (TPSA) is 112 Å². The van der Waals surface area contributed by atoms with E-state index in [9.17, 15) is 19.8 Å². The number of aliphatic carboxylic acids is 2. The second-order valence-corrected chi connectivity index (χ2v) is 10.7. The Kier molecular flexibility index (Phi) is 49.5. The van der Waals surface area contributed by atoms with Crippen LogP contribution in [0.25, 0.3) is 0 Å². The fourth-order valence-electron chi connectivity index (χ4n) is 4.57. The fraction of sp³-hybridized carbons (Fsp3) is 0.938. The molecule has 0 saturated carbocycles. The molecular weight excluding hydrogens is 504 g/mol. The predicted molar refractivity (Wildman–Crippen MR) is 160 cm³/mol. The first-order valence-electron chi connectivity index (χ1n) is 15.9. The minimum absolute atomic E-state index is 0. The largest absolute Gasteiger partial charge is 2.00 e. The second kappa shape index (κ2) is 41.6. The molecule has 0 aromatic heterocycles. The molecule has 6 heteroatoms. The maximum atomic E-state index is 10.2. The summed E-state index contributed by atoms with van der Waals surface area (Å²) < 4.78 is 0. The van der Waals surface area contributed by atoms with Gasteiger partial charge in [-0.3, -0.25) is 0 Å². The number of hydrogen-bond donors (Lipinski definition) is 0. The van der Waals surface area contributed by atoms with Crippen molar-refractivity contribution in [1.29, 1.82) is 0 Å². The van der Waals surface area contributed by atoms with Gasteiger partial charge in [-0.05, 0) is 25.7 Å². The standard InChI is InChI=1S/2C16H32O2.Ca.H2O/c2*1-2-3-4-5-6-7-8-9-10-11-12-13-14-15-16(17)18;;/h2*2-15H2,1H3,(H,17,18);;1H2/q;;+2;/p-2. The van der Waals surface area contributed by atoms with Gasteiger partial charge < -0.3 is 25.3 Å². The molecule has 0 rings (SSSR count). The third-order valence-electron chi connectivity index (χ3n) is 6.97. The van der Waals surface area contributed by atoms with Crippen molar-refractivity contribution in [3.8, 4) is 0 Å². The van der Waals surface area contributed by atoms with E-state index in [0.29, 0.717) is 0 Å². The SMILES string of the molecule is CCCCCCCCCCCCCCCC(=O)[O-].CCCCCCCCCCCCCCCC(=O)[O-].O.[Ca+2]. The third-order valence-corrected chi connectivity index (χ3v) is 6.97. The van der Waals surface area contributed by atoms with Crippen LogP contribution in [0.1, 0.15) is 194 Å². The van der Waals surface area contributed by atoms with E-state index in [1.807, 2.05) is 0 Å². The molecule has 0 heterocycles. The maximum absolute atomic E-state index is 10.2. The van der Waals surface area contributed by atoms with E-state index in [4.69, 9.17) is 0 Å². The third kappa shape index (κ3) is 49.1. The minimum Gasteiger partial charge on any atom is -0.550 e. The monoisotopic (exact) mass is 568 g/mol. The molecule has 0 bridgehead atoms. The van der Waals surface area contributed by atoms with Gasteiger partial charge in [0.15, 0.2) is 0 Å². The summed E-state index contributed by atoms with van der Waals surface area (Å²) in [4.78, 5) is 20.4. The van der Waals surface area contributed by atoms with Crippen molar-refractivity contribution in [3.05, 3.63) is 0 Å². The zero-order chi connectivity index (χ0) is 27.0. The Balaban J connectivity index is -0.000000289. The van der Waals surface area contributed by atoms with Gasteiger partial charge in [-0.15, -0.1) is 0 Å². The van der Waals surface area contributed by atoms with Crippen LogP contribution in [0, 0.1) is 0 Å². The summed E-state index contributed by atoms with van der Waals surface area (Å²) in [5, 5.41) is 20.4. The fourth-order valence-corrected chi connectivity index (χ4v) is 4.57. The summed E-state index contributed by atoms with van der Waals surface area (Å²) in [5.41, 5.74) is 0. The number of hydrogen-bond acceptors (Lipinski definition) is 4. The Morgan fingerprint density at radius 2 is 0.526 bits per heavy atom. The van der Waals surface area contributed by atoms with Crippen molar-refractivity contribution in [2.45, 2.75) is 194 Å². The first kappa shape index (κ1) is 45.2. The van der Waals surface area contributed by atoms with Gasteiger partial charge in [0.25, 0.3) is 0 Å². The maximum Gasteiger partial charge on any atom is 2.00 e. The van der Waals surface area contributed by atoms with Gasteiger partial charge in [0.2, 0.25) is 0 Å². The number of rotatable bonds is 28. The van der Waals surface area contributed by atoms with Crippen LogP contribution in [0.4, 0.5) is 0 Å². The molecule has 0 unspecified atom stereocenters. The molecule has 0 fully saturated rings. The zero-order valence-electron chi connectivity index (χ0n) is 25.6. The summed E-state index contributed by atoms with van der Waals surface area (Å²) >= 11 is 0. The summed E-state index contributed by atoms with van der Waals surface area (Å²) in [5.74, 6) is -1.81. The van der Waals surface area contributed by atoms with Crippen molar-refractivity contribution in [3.63, 3.8) is 0 Å². The number of carbonyl (C=O) groups excluding carboxylic acids is 2. The molecule has 0 atom stereocenters. The number of carboxylic acids is 2. The molecule has 0 aromatic rings. The van der Waals surface area contributed by atoms with Crippen molar-refractivity contribution < 1.29 is 25.3 Å². The van der Waals surface area contributed by atoms with Crippen LogP contribution < -0.4 is 10.2 Å². The molecule has 224 valence electrons. The van der Waals surface area contributed by atoms with Crippen molar-refractivity contribution in [1.82, 2.24) is 0 Å². The van der Waals surface area contributed by atoms with Crippen LogP contribution >= 0.6 is 0 Å². The Labute approximate surface area is 267 Å². The summed E-state index contributed by atoms with van der Waals surface area (Å²) in [6.07, 6.45) is 33.9. The normalized spacial score (nSPS) is 10.2. The van der Waals surface area contributed by atoms with E-state index in [2.05, 4.69) is 13.8 Å². The molecule has 0 spiro atoms. The molecule has 0 aromatic carbocycles. The summed E-state index contributed by atoms with van der Waals surface area (Å²) in [6.45, 7) is 4.51. The van der Waals surface area contributed by atoms with Crippen LogP contribution in [0.15, 0.2) is 0 Å². The quantitative estimate of drug-likeness (QED) is 0.0732. The zero-order valence-corrected chi connectivity index (χ0v) is 27.8. The van der Waals surface area contributed by atoms with Crippen molar-refractivity contribution >= 4 is 49.7 Å². The van der Waals surface area contributed by atoms with Crippen molar-refractivity contribution in [2.24, 2.45) is 0 Å². The average molecular weight is 569 g/mol. The molecule has 38 heavy (non-hydrogen) atoms. The van der Waals surface area contributed by atoms with Gasteiger partial charge >= 0.3 is 37.7 Å². The Morgan fingerprint density at radius 1 is 0.368 bits per heavy atom. The Hall–Kier alpha value is 0.160. The smallest absolute Gasteiger partial charge is 0.550 e. The predicted octanol–water partition coefficient (Wildman–Crippen LogP) is 7.23. The van der Waals surface area contributed by atoms with Gasteiger partial charge in [-0.1, -0.05) is 168 Å². The van der Waals surface area contributed by atoms with Gasteiger partial charge in [-0.25, -0.2) is 0 Å². The molecule has 0 aliphatic carbocycles. The minimum atomic E-state index is -0.905. The van der Waals surface area contributed by atoms with E-state index >= 15 is 0 Å². The van der Waals surface area contributed by atoms with Crippen LogP contribution in [-0.2, 0) is 9.59 Å². The first-order chi connectivity index (χ1) is 17.5. The Bertz CT molecular complexity index is 406. The molecule has 0 aliphatic heterocycles. The number of carboxylic acid groups (broad SMARTS) is 2. The van der Waals surface area contributed by atoms with Gasteiger partial charge in [-0.2, -0.15) is 0 Å². The van der Waals surface area contributed by atoms with E-state index in [1.54, 1.807) is 0 Å². The van der Waals surface area contributed by atoms with E-state index in [0.717, 1.165) is 25.7 Å². The van der Waals surface area contributed by atoms with Gasteiger partial charge in [0.1, 0.15) is 0 Å². The molecule has 0 radical (unpaired) electrons. The first-order valence-corrected chi connectivity index (χ1v) is 15.9. The molecule has 5 nitrogen and oxygen atoms in total. The van der Waals surface area contributed by atoms with Crippen LogP contribution in [0.3, 0.4) is 0 Å². The molecule has 0 aliphatic rings. The molecule has 2 N–H and O–H groups in total. The van der Waals surface area contributed by atoms with Crippen LogP contribution in [-0.4, -0.2) is 55.2 Å². The summed E-state index contributed by atoms with van der Waals surface area (Å²) in [6, 6.07) is 0. The molecular formula is C32H64CaO5. The van der Waals surface area contributed by atoms with E-state index in [-0.39, 0.29) is 56.1 Å². The number of unbranched alkanes of at least 4 members (excludes halogenated alkanes) is 24. The molecule has 0 amide bonds. The van der Waals surface area contributed by atoms with E-state index in [1.165, 1.54) is 141 Å². The molecule has 0 saturated heterocycles. The van der Waals surface area contributed by atoms with Gasteiger partial charge in [0.05, 0.1) is 0 Å². The van der Waals surface area contributed by atoms with E-state index < -0.39 is 11.9 Å². The Morgan fingerprint density at radius 3 is 0.684 bits per heavy atom. The van der Waals surface area contributed by atoms with Crippen molar-refractivity contribution in [2.75, 3.05) is 0 Å². The summed E-state index contributed by atoms with van der Waals surface area (Å²) in [7, 11) is 0. The number of carbonyl (C=O) groups is 2. The average Bonchev–Trinajstić information content (AvgIpc) is 2.85. The van der Waals surface area contributed by atoms with Crippen LogP contribution in [0.2, 0.25) is 0 Å². The second-order valence-electron chi connectivity index (χ2n) is 10.7.